The van der Waals surface area contributed by atoms with Gasteiger partial charge in [0.15, 0.2) is 0 Å². The minimum absolute atomic E-state index is 0.281. The Hall–Kier alpha value is -2.38. The maximum atomic E-state index is 12.9. The van der Waals surface area contributed by atoms with Crippen LogP contribution in [-0.4, -0.2) is 7.05 Å². The van der Waals surface area contributed by atoms with E-state index in [0.717, 1.165) is 16.9 Å². The first-order valence-electron chi connectivity index (χ1n) is 5.88. The minimum Gasteiger partial charge on any atom is -0.344 e. The van der Waals surface area contributed by atoms with E-state index in [9.17, 15) is 9.65 Å². The quantitative estimate of drug-likeness (QED) is 0.917. The first-order valence-corrected chi connectivity index (χ1v) is 5.88. The Bertz CT molecular complexity index is 614. The highest BCUT2D eigenvalue weighted by Gasteiger charge is 2.10. The number of hydrogen-bond acceptors (Lipinski definition) is 3. The van der Waals surface area contributed by atoms with Crippen molar-refractivity contribution in [3.8, 4) is 6.07 Å². The molecule has 0 aliphatic rings. The summed E-state index contributed by atoms with van der Waals surface area (Å²) in [5.74, 6) is -0.281. The molecule has 0 spiro atoms. The number of rotatable bonds is 3. The van der Waals surface area contributed by atoms with E-state index < -0.39 is 0 Å². The van der Waals surface area contributed by atoms with E-state index in [0.29, 0.717) is 12.1 Å². The second kappa shape index (κ2) is 5.51. The van der Waals surface area contributed by atoms with Crippen molar-refractivity contribution in [3.63, 3.8) is 0 Å². The lowest BCUT2D eigenvalue weighted by Crippen LogP contribution is -2.11. The molecule has 0 fully saturated rings. The van der Waals surface area contributed by atoms with E-state index in [1.54, 1.807) is 18.2 Å². The lowest BCUT2D eigenvalue weighted by atomic mass is 10.1. The molecule has 2 aromatic rings. The van der Waals surface area contributed by atoms with Crippen molar-refractivity contribution in [2.75, 3.05) is 11.9 Å². The van der Waals surface area contributed by atoms with Crippen LogP contribution in [0.1, 0.15) is 11.1 Å². The molecular weight excluding hydrogens is 241 g/mol. The topological polar surface area (TPSA) is 53.0 Å². The summed E-state index contributed by atoms with van der Waals surface area (Å²) in [5.41, 5.74) is 8.61. The number of nitrogens with two attached hydrogens (primary N) is 1. The van der Waals surface area contributed by atoms with Crippen molar-refractivity contribution >= 4 is 11.4 Å². The van der Waals surface area contributed by atoms with Crippen LogP contribution in [0.3, 0.4) is 0 Å². The highest BCUT2D eigenvalue weighted by Crippen LogP contribution is 2.27. The van der Waals surface area contributed by atoms with Crippen molar-refractivity contribution in [2.45, 2.75) is 6.54 Å². The molecule has 0 bridgehead atoms. The Morgan fingerprint density at radius 2 is 1.89 bits per heavy atom. The molecule has 0 aromatic heterocycles. The van der Waals surface area contributed by atoms with E-state index in [2.05, 4.69) is 6.07 Å². The Kier molecular flexibility index (Phi) is 3.79. The van der Waals surface area contributed by atoms with E-state index in [4.69, 9.17) is 5.73 Å². The summed E-state index contributed by atoms with van der Waals surface area (Å²) >= 11 is 0. The van der Waals surface area contributed by atoms with Gasteiger partial charge in [0.1, 0.15) is 11.9 Å². The van der Waals surface area contributed by atoms with Crippen LogP contribution in [-0.2, 0) is 6.54 Å². The fourth-order valence-corrected chi connectivity index (χ4v) is 1.90. The summed E-state index contributed by atoms with van der Waals surface area (Å²) in [4.78, 5) is 1.85. The molecule has 0 saturated carbocycles. The van der Waals surface area contributed by atoms with Gasteiger partial charge in [-0.2, -0.15) is 5.26 Å². The molecule has 2 rings (SSSR count). The summed E-state index contributed by atoms with van der Waals surface area (Å²) in [6, 6.07) is 13.8. The monoisotopic (exact) mass is 255 g/mol. The highest BCUT2D eigenvalue weighted by molar-refractivity contribution is 5.69. The summed E-state index contributed by atoms with van der Waals surface area (Å²) in [5, 5.41) is 9.20. The standard InChI is InChI=1S/C15H14FN3/c1-19(14-5-3-13(16)4-6-14)15-7-2-11(9-17)8-12(15)10-18/h2-8H,9,17H2,1H3. The lowest BCUT2D eigenvalue weighted by Gasteiger charge is -2.21. The van der Waals surface area contributed by atoms with Crippen LogP contribution in [0.5, 0.6) is 0 Å². The second-order valence-electron chi connectivity index (χ2n) is 4.20. The number of nitrogens with zero attached hydrogens (tertiary/aromatic N) is 2. The smallest absolute Gasteiger partial charge is 0.123 e. The molecule has 0 saturated heterocycles. The molecule has 3 nitrogen and oxygen atoms in total. The third-order valence-electron chi connectivity index (χ3n) is 2.99. The normalized spacial score (nSPS) is 10.0. The van der Waals surface area contributed by atoms with Crippen molar-refractivity contribution in [1.82, 2.24) is 0 Å². The number of halogens is 1. The first-order chi connectivity index (χ1) is 9.15. The molecular formula is C15H14FN3. The average Bonchev–Trinajstić information content (AvgIpc) is 2.46. The van der Waals surface area contributed by atoms with Gasteiger partial charge in [-0.15, -0.1) is 0 Å². The molecule has 0 amide bonds. The van der Waals surface area contributed by atoms with Crippen LogP contribution in [0.2, 0.25) is 0 Å². The van der Waals surface area contributed by atoms with Gasteiger partial charge in [0, 0.05) is 19.3 Å². The average molecular weight is 255 g/mol. The predicted molar refractivity (Wildman–Crippen MR) is 73.5 cm³/mol. The van der Waals surface area contributed by atoms with Crippen molar-refractivity contribution in [2.24, 2.45) is 5.73 Å². The molecule has 4 heteroatoms. The molecule has 0 unspecified atom stereocenters. The van der Waals surface area contributed by atoms with Gasteiger partial charge in [0.05, 0.1) is 11.3 Å². The summed E-state index contributed by atoms with van der Waals surface area (Å²) in [7, 11) is 1.84. The highest BCUT2D eigenvalue weighted by atomic mass is 19.1. The van der Waals surface area contributed by atoms with E-state index in [-0.39, 0.29) is 5.82 Å². The van der Waals surface area contributed by atoms with Gasteiger partial charge >= 0.3 is 0 Å². The summed E-state index contributed by atoms with van der Waals surface area (Å²) < 4.78 is 12.9. The van der Waals surface area contributed by atoms with Gasteiger partial charge < -0.3 is 10.6 Å². The first kappa shape index (κ1) is 13.1. The molecule has 0 heterocycles. The summed E-state index contributed by atoms with van der Waals surface area (Å²) in [6.07, 6.45) is 0. The Labute approximate surface area is 111 Å². The largest absolute Gasteiger partial charge is 0.344 e. The number of hydrogen-bond donors (Lipinski definition) is 1. The predicted octanol–water partition coefficient (Wildman–Crippen LogP) is 2.92. The van der Waals surface area contributed by atoms with Crippen LogP contribution in [0.15, 0.2) is 42.5 Å². The third-order valence-corrected chi connectivity index (χ3v) is 2.99. The van der Waals surface area contributed by atoms with Crippen LogP contribution < -0.4 is 10.6 Å². The van der Waals surface area contributed by atoms with E-state index in [1.165, 1.54) is 12.1 Å². The zero-order valence-electron chi connectivity index (χ0n) is 10.6. The van der Waals surface area contributed by atoms with Crippen LogP contribution in [0, 0.1) is 17.1 Å². The van der Waals surface area contributed by atoms with Crippen molar-refractivity contribution < 1.29 is 4.39 Å². The molecule has 96 valence electrons. The zero-order valence-corrected chi connectivity index (χ0v) is 10.6. The number of benzene rings is 2. The second-order valence-corrected chi connectivity index (χ2v) is 4.20. The zero-order chi connectivity index (χ0) is 13.8. The fourth-order valence-electron chi connectivity index (χ4n) is 1.90. The van der Waals surface area contributed by atoms with Crippen LogP contribution in [0.4, 0.5) is 15.8 Å². The van der Waals surface area contributed by atoms with Gasteiger partial charge in [0.25, 0.3) is 0 Å². The maximum absolute atomic E-state index is 12.9. The van der Waals surface area contributed by atoms with Gasteiger partial charge in [0.2, 0.25) is 0 Å². The van der Waals surface area contributed by atoms with Crippen LogP contribution in [0.25, 0.3) is 0 Å². The van der Waals surface area contributed by atoms with Crippen molar-refractivity contribution in [1.29, 1.82) is 5.26 Å². The SMILES string of the molecule is CN(c1ccc(F)cc1)c1ccc(CN)cc1C#N. The molecule has 0 radical (unpaired) electrons. The molecule has 0 aliphatic carbocycles. The minimum atomic E-state index is -0.281. The van der Waals surface area contributed by atoms with Gasteiger partial charge in [-0.25, -0.2) is 4.39 Å². The molecule has 0 atom stereocenters. The van der Waals surface area contributed by atoms with Gasteiger partial charge in [-0.05, 0) is 42.0 Å². The Balaban J connectivity index is 2.41. The molecule has 19 heavy (non-hydrogen) atoms. The molecule has 2 aromatic carbocycles. The van der Waals surface area contributed by atoms with Crippen LogP contribution >= 0.6 is 0 Å². The van der Waals surface area contributed by atoms with Gasteiger partial charge in [-0.1, -0.05) is 6.07 Å². The fraction of sp³-hybridized carbons (Fsp3) is 0.133. The van der Waals surface area contributed by atoms with E-state index in [1.807, 2.05) is 24.1 Å². The Morgan fingerprint density at radius 1 is 1.21 bits per heavy atom. The maximum Gasteiger partial charge on any atom is 0.123 e. The summed E-state index contributed by atoms with van der Waals surface area (Å²) in [6.45, 7) is 0.398. The lowest BCUT2D eigenvalue weighted by molar-refractivity contribution is 0.628. The van der Waals surface area contributed by atoms with Gasteiger partial charge in [-0.3, -0.25) is 0 Å². The number of anilines is 2. The Morgan fingerprint density at radius 3 is 2.47 bits per heavy atom. The number of nitriles is 1. The molecule has 2 N–H and O–H groups in total. The van der Waals surface area contributed by atoms with Crippen molar-refractivity contribution in [3.05, 3.63) is 59.4 Å². The molecule has 0 aliphatic heterocycles. The third kappa shape index (κ3) is 2.72. The van der Waals surface area contributed by atoms with E-state index >= 15 is 0 Å².